The van der Waals surface area contributed by atoms with Crippen molar-refractivity contribution in [3.8, 4) is 0 Å². The van der Waals surface area contributed by atoms with Crippen LogP contribution in [0.5, 0.6) is 0 Å². The van der Waals surface area contributed by atoms with Crippen LogP contribution in [0.3, 0.4) is 0 Å². The first kappa shape index (κ1) is 11.9. The van der Waals surface area contributed by atoms with E-state index in [0.717, 1.165) is 31.9 Å². The minimum atomic E-state index is 0.777. The summed E-state index contributed by atoms with van der Waals surface area (Å²) in [6.07, 6.45) is 4.04. The lowest BCUT2D eigenvalue weighted by molar-refractivity contribution is 0.0397. The first-order chi connectivity index (χ1) is 8.34. The Morgan fingerprint density at radius 3 is 2.65 bits per heavy atom. The molecular formula is C14H18N2O. The zero-order valence-corrected chi connectivity index (χ0v) is 10.2. The lowest BCUT2D eigenvalue weighted by atomic mass is 10.1. The largest absolute Gasteiger partial charge is 0.378 e. The maximum absolute atomic E-state index is 5.27. The molecule has 0 saturated carbocycles. The molecule has 0 aromatic heterocycles. The lowest BCUT2D eigenvalue weighted by Gasteiger charge is -2.23. The predicted octanol–water partition coefficient (Wildman–Crippen LogP) is 2.41. The maximum atomic E-state index is 5.27. The second-order valence-electron chi connectivity index (χ2n) is 4.11. The summed E-state index contributed by atoms with van der Waals surface area (Å²) in [5, 5.41) is 6.49. The van der Waals surface area contributed by atoms with Crippen LogP contribution in [0.2, 0.25) is 0 Å². The Labute approximate surface area is 102 Å². The fraction of sp³-hybridized carbons (Fsp3) is 0.357. The number of morpholine rings is 1. The van der Waals surface area contributed by atoms with Crippen LogP contribution in [0.25, 0.3) is 6.08 Å². The van der Waals surface area contributed by atoms with E-state index in [0.29, 0.717) is 0 Å². The number of hydrazone groups is 1. The average molecular weight is 230 g/mol. The van der Waals surface area contributed by atoms with Crippen molar-refractivity contribution in [1.82, 2.24) is 5.01 Å². The Hall–Kier alpha value is -1.61. The summed E-state index contributed by atoms with van der Waals surface area (Å²) in [4.78, 5) is 0. The van der Waals surface area contributed by atoms with Gasteiger partial charge in [0.2, 0.25) is 0 Å². The van der Waals surface area contributed by atoms with Crippen LogP contribution in [-0.2, 0) is 4.74 Å². The summed E-state index contributed by atoms with van der Waals surface area (Å²) < 4.78 is 5.27. The van der Waals surface area contributed by atoms with Gasteiger partial charge in [-0.3, -0.25) is 5.01 Å². The Morgan fingerprint density at radius 1 is 1.24 bits per heavy atom. The predicted molar refractivity (Wildman–Crippen MR) is 71.0 cm³/mol. The van der Waals surface area contributed by atoms with Gasteiger partial charge >= 0.3 is 0 Å². The zero-order chi connectivity index (χ0) is 11.9. The van der Waals surface area contributed by atoms with Gasteiger partial charge in [-0.1, -0.05) is 36.4 Å². The molecule has 0 N–H and O–H groups in total. The van der Waals surface area contributed by atoms with Crippen molar-refractivity contribution < 1.29 is 4.74 Å². The van der Waals surface area contributed by atoms with E-state index in [-0.39, 0.29) is 0 Å². The minimum absolute atomic E-state index is 0.777. The fourth-order valence-electron chi connectivity index (χ4n) is 1.69. The van der Waals surface area contributed by atoms with E-state index < -0.39 is 0 Å². The zero-order valence-electron chi connectivity index (χ0n) is 10.2. The Balaban J connectivity index is 1.93. The number of hydrogen-bond donors (Lipinski definition) is 0. The molecule has 2 rings (SSSR count). The molecule has 1 fully saturated rings. The third kappa shape index (κ3) is 4.04. The number of allylic oxidation sites excluding steroid dienone is 1. The molecule has 0 atom stereocenters. The highest BCUT2D eigenvalue weighted by molar-refractivity contribution is 5.84. The topological polar surface area (TPSA) is 24.8 Å². The van der Waals surface area contributed by atoms with Gasteiger partial charge in [0.25, 0.3) is 0 Å². The molecule has 1 aliphatic heterocycles. The molecule has 3 nitrogen and oxygen atoms in total. The Morgan fingerprint density at radius 2 is 1.94 bits per heavy atom. The van der Waals surface area contributed by atoms with E-state index in [1.54, 1.807) is 0 Å². The van der Waals surface area contributed by atoms with Gasteiger partial charge < -0.3 is 4.74 Å². The molecule has 0 bridgehead atoms. The molecule has 1 aliphatic rings. The van der Waals surface area contributed by atoms with Gasteiger partial charge in [-0.2, -0.15) is 5.10 Å². The van der Waals surface area contributed by atoms with Crippen molar-refractivity contribution in [3.05, 3.63) is 41.5 Å². The monoisotopic (exact) mass is 230 g/mol. The van der Waals surface area contributed by atoms with Gasteiger partial charge in [0, 0.05) is 6.21 Å². The van der Waals surface area contributed by atoms with E-state index >= 15 is 0 Å². The third-order valence-corrected chi connectivity index (χ3v) is 2.61. The molecule has 1 saturated heterocycles. The number of benzene rings is 1. The van der Waals surface area contributed by atoms with Crippen molar-refractivity contribution in [2.24, 2.45) is 5.10 Å². The van der Waals surface area contributed by atoms with E-state index in [9.17, 15) is 0 Å². The Bertz CT molecular complexity index is 392. The molecule has 3 heteroatoms. The van der Waals surface area contributed by atoms with Crippen molar-refractivity contribution in [1.29, 1.82) is 0 Å². The molecule has 0 aliphatic carbocycles. The summed E-state index contributed by atoms with van der Waals surface area (Å²) in [7, 11) is 0. The van der Waals surface area contributed by atoms with Crippen LogP contribution < -0.4 is 0 Å². The van der Waals surface area contributed by atoms with Gasteiger partial charge in [0.1, 0.15) is 0 Å². The summed E-state index contributed by atoms with van der Waals surface area (Å²) >= 11 is 0. The number of nitrogens with zero attached hydrogens (tertiary/aromatic N) is 2. The summed E-state index contributed by atoms with van der Waals surface area (Å²) in [6, 6.07) is 10.3. The van der Waals surface area contributed by atoms with E-state index in [1.807, 2.05) is 29.4 Å². The first-order valence-electron chi connectivity index (χ1n) is 5.94. The van der Waals surface area contributed by atoms with Crippen LogP contribution in [0.1, 0.15) is 12.5 Å². The number of rotatable bonds is 3. The van der Waals surface area contributed by atoms with Gasteiger partial charge in [-0.15, -0.1) is 0 Å². The highest BCUT2D eigenvalue weighted by Gasteiger charge is 2.05. The van der Waals surface area contributed by atoms with Gasteiger partial charge in [0.05, 0.1) is 26.3 Å². The standard InChI is InChI=1S/C14H18N2O/c1-13(11-14-5-3-2-4-6-14)12-15-16-7-9-17-10-8-16/h2-6,11-12H,7-10H2,1H3/b13-11-,15-12?. The van der Waals surface area contributed by atoms with Crippen molar-refractivity contribution in [3.63, 3.8) is 0 Å². The Kier molecular flexibility index (Phi) is 4.33. The summed E-state index contributed by atoms with van der Waals surface area (Å²) in [6.45, 7) is 5.39. The van der Waals surface area contributed by atoms with Crippen LogP contribution in [0.15, 0.2) is 41.0 Å². The second kappa shape index (κ2) is 6.21. The molecule has 1 heterocycles. The van der Waals surface area contributed by atoms with Crippen molar-refractivity contribution in [2.45, 2.75) is 6.92 Å². The fourth-order valence-corrected chi connectivity index (χ4v) is 1.69. The van der Waals surface area contributed by atoms with E-state index in [2.05, 4.69) is 30.2 Å². The molecule has 0 unspecified atom stereocenters. The molecule has 90 valence electrons. The number of hydrogen-bond acceptors (Lipinski definition) is 3. The molecule has 0 amide bonds. The third-order valence-electron chi connectivity index (χ3n) is 2.61. The van der Waals surface area contributed by atoms with Crippen LogP contribution in [0, 0.1) is 0 Å². The minimum Gasteiger partial charge on any atom is -0.378 e. The van der Waals surface area contributed by atoms with E-state index in [1.165, 1.54) is 5.56 Å². The molecule has 1 aromatic carbocycles. The highest BCUT2D eigenvalue weighted by Crippen LogP contribution is 2.05. The van der Waals surface area contributed by atoms with Crippen LogP contribution >= 0.6 is 0 Å². The number of ether oxygens (including phenoxy) is 1. The van der Waals surface area contributed by atoms with Gasteiger partial charge in [0.15, 0.2) is 0 Å². The molecular weight excluding hydrogens is 212 g/mol. The van der Waals surface area contributed by atoms with Crippen LogP contribution in [-0.4, -0.2) is 37.5 Å². The van der Waals surface area contributed by atoms with Crippen molar-refractivity contribution in [2.75, 3.05) is 26.3 Å². The second-order valence-corrected chi connectivity index (χ2v) is 4.11. The first-order valence-corrected chi connectivity index (χ1v) is 5.94. The van der Waals surface area contributed by atoms with Crippen LogP contribution in [0.4, 0.5) is 0 Å². The lowest BCUT2D eigenvalue weighted by Crippen LogP contribution is -2.32. The SMILES string of the molecule is C/C(C=NN1CCOCC1)=C/c1ccccc1. The molecule has 1 aromatic rings. The maximum Gasteiger partial charge on any atom is 0.0659 e. The van der Waals surface area contributed by atoms with E-state index in [4.69, 9.17) is 4.74 Å². The molecule has 0 spiro atoms. The highest BCUT2D eigenvalue weighted by atomic mass is 16.5. The normalized spacial score (nSPS) is 17.7. The van der Waals surface area contributed by atoms with Gasteiger partial charge in [-0.05, 0) is 18.1 Å². The smallest absolute Gasteiger partial charge is 0.0659 e. The quantitative estimate of drug-likeness (QED) is 0.745. The molecule has 0 radical (unpaired) electrons. The molecule has 17 heavy (non-hydrogen) atoms. The average Bonchev–Trinajstić information content (AvgIpc) is 2.39. The summed E-state index contributed by atoms with van der Waals surface area (Å²) in [5.74, 6) is 0. The van der Waals surface area contributed by atoms with Gasteiger partial charge in [-0.25, -0.2) is 0 Å². The van der Waals surface area contributed by atoms with Crippen molar-refractivity contribution >= 4 is 12.3 Å². The summed E-state index contributed by atoms with van der Waals surface area (Å²) in [5.41, 5.74) is 2.36.